The number of unbranched alkanes of at least 4 members (excludes halogenated alkanes) is 14. The average molecular weight is 772 g/mol. The van der Waals surface area contributed by atoms with E-state index in [2.05, 4.69) is 102 Å². The van der Waals surface area contributed by atoms with Crippen molar-refractivity contribution in [2.75, 3.05) is 0 Å². The summed E-state index contributed by atoms with van der Waals surface area (Å²) in [7, 11) is 0. The molecule has 0 saturated carbocycles. The summed E-state index contributed by atoms with van der Waals surface area (Å²) in [5.74, 6) is 7.20. The van der Waals surface area contributed by atoms with Gasteiger partial charge in [-0.3, -0.25) is 0 Å². The van der Waals surface area contributed by atoms with E-state index >= 15 is 0 Å². The molecule has 0 bridgehead atoms. The first-order valence-corrected chi connectivity index (χ1v) is 22.8. The van der Waals surface area contributed by atoms with Crippen molar-refractivity contribution in [2.45, 2.75) is 186 Å². The second-order valence-corrected chi connectivity index (χ2v) is 16.7. The maximum atomic E-state index is 12.0. The topological polar surface area (TPSA) is 25.3 Å². The van der Waals surface area contributed by atoms with Gasteiger partial charge in [-0.25, -0.2) is 4.70 Å². The summed E-state index contributed by atoms with van der Waals surface area (Å²) in [6.45, 7) is 13.5. The Morgan fingerprint density at radius 1 is 0.500 bits per heavy atom. The van der Waals surface area contributed by atoms with Gasteiger partial charge in [0.25, 0.3) is 0 Å². The molecule has 0 N–H and O–H groups in total. The van der Waals surface area contributed by atoms with Crippen LogP contribution < -0.4 is 0 Å². The first kappa shape index (κ1) is 43.9. The summed E-state index contributed by atoms with van der Waals surface area (Å²) in [5.41, 5.74) is 20.9. The van der Waals surface area contributed by atoms with Crippen LogP contribution in [0.4, 0.5) is 0 Å². The van der Waals surface area contributed by atoms with Crippen LogP contribution in [0.25, 0.3) is 16.9 Å². The van der Waals surface area contributed by atoms with E-state index in [1.54, 1.807) is 0 Å². The summed E-state index contributed by atoms with van der Waals surface area (Å²) in [5, 5.41) is 0. The van der Waals surface area contributed by atoms with Gasteiger partial charge < -0.3 is 5.53 Å². The molecule has 2 aromatic carbocycles. The predicted molar refractivity (Wildman–Crippen MR) is 217 cm³/mol. The zero-order chi connectivity index (χ0) is 36.2. The third-order valence-corrected chi connectivity index (χ3v) is 11.1. The zero-order valence-electron chi connectivity index (χ0n) is 33.1. The molecule has 0 radical (unpaired) electrons. The van der Waals surface area contributed by atoms with E-state index in [0.717, 1.165) is 84.6 Å². The van der Waals surface area contributed by atoms with Gasteiger partial charge >= 0.3 is 41.6 Å². The maximum absolute atomic E-state index is 12.0. The Morgan fingerprint density at radius 3 is 1.40 bits per heavy atom. The van der Waals surface area contributed by atoms with E-state index in [9.17, 15) is 5.53 Å². The van der Waals surface area contributed by atoms with E-state index in [0.29, 0.717) is 0 Å². The third kappa shape index (κ3) is 16.4. The predicted octanol–water partition coefficient (Wildman–Crippen LogP) is 15.4. The second kappa shape index (κ2) is 28.3. The van der Waals surface area contributed by atoms with Crippen molar-refractivity contribution in [3.63, 3.8) is 0 Å². The second-order valence-electron chi connectivity index (χ2n) is 13.8. The molecule has 0 unspecified atom stereocenters. The van der Waals surface area contributed by atoms with Crippen molar-refractivity contribution in [2.24, 2.45) is 0 Å². The van der Waals surface area contributed by atoms with Crippen LogP contribution in [0.5, 0.6) is 0 Å². The molecule has 3 rings (SSSR count). The molecule has 1 aliphatic heterocycles. The number of rotatable bonds is 24. The van der Waals surface area contributed by atoms with Crippen LogP contribution in [-0.2, 0) is 30.8 Å². The van der Waals surface area contributed by atoms with Gasteiger partial charge in [-0.2, -0.15) is 0 Å². The molecule has 0 atom stereocenters. The molecule has 50 heavy (non-hydrogen) atoms. The van der Waals surface area contributed by atoms with E-state index in [1.807, 2.05) is 0 Å². The van der Waals surface area contributed by atoms with Crippen molar-refractivity contribution < 1.29 is 22.7 Å². The van der Waals surface area contributed by atoms with Gasteiger partial charge in [-0.1, -0.05) is 147 Å². The molecule has 0 spiro atoms. The molecule has 0 saturated heterocycles. The van der Waals surface area contributed by atoms with Crippen LogP contribution in [0, 0.1) is 11.8 Å². The van der Waals surface area contributed by atoms with Gasteiger partial charge in [0, 0.05) is 23.1 Å². The number of nitrogens with zero attached hydrogens (tertiary/aromatic N) is 2. The molecular formula is C47H72N2Pd. The normalized spacial score (nSPS) is 12.7. The number of hydrogen-bond acceptors (Lipinski definition) is 0. The monoisotopic (exact) mass is 770 g/mol. The minimum atomic E-state index is 0.857. The SMILES string of the molecule is CCCCCCCCCC#CC1=C(c2ccc(CCCC)cc2)[N+](=[N-])C(c2ccc(CCCC)cc2)=C1CCCCCCCC.C[CH2][Pd][CH2]C. The van der Waals surface area contributed by atoms with Crippen LogP contribution in [0.2, 0.25) is 9.79 Å². The Bertz CT molecular complexity index is 1320. The van der Waals surface area contributed by atoms with Gasteiger partial charge in [0.15, 0.2) is 0 Å². The van der Waals surface area contributed by atoms with Crippen molar-refractivity contribution in [3.05, 3.63) is 87.5 Å². The molecule has 0 aromatic heterocycles. The van der Waals surface area contributed by atoms with E-state index < -0.39 is 0 Å². The van der Waals surface area contributed by atoms with Crippen LogP contribution in [0.15, 0.2) is 59.7 Å². The molecule has 0 fully saturated rings. The number of hydrogen-bond donors (Lipinski definition) is 0. The van der Waals surface area contributed by atoms with Crippen LogP contribution in [-0.4, -0.2) is 4.70 Å². The van der Waals surface area contributed by atoms with Gasteiger partial charge in [0.05, 0.1) is 0 Å². The molecule has 1 heterocycles. The first-order chi connectivity index (χ1) is 24.6. The standard InChI is InChI=1S/C43H62N2.2C2H5.Pd/c1-5-9-13-15-17-18-19-21-23-27-41-40(26-22-20-16-14-10-6-2)42(38-32-28-36(29-33-38)24-11-7-3)45(44)43(41)39-34-30-37(31-35-39)25-12-8-4;2*1-2;/h28-35H,5-22,24-26H2,1-4H3;2*1H2,2H3;. The molecule has 2 nitrogen and oxygen atoms in total. The van der Waals surface area contributed by atoms with Gasteiger partial charge in [-0.15, -0.1) is 0 Å². The fourth-order valence-corrected chi connectivity index (χ4v) is 7.31. The summed E-state index contributed by atoms with van der Waals surface area (Å²) in [4.78, 5) is 2.79. The van der Waals surface area contributed by atoms with E-state index in [-0.39, 0.29) is 0 Å². The fourth-order valence-electron chi connectivity index (χ4n) is 6.53. The van der Waals surface area contributed by atoms with Crippen LogP contribution in [0.3, 0.4) is 0 Å². The van der Waals surface area contributed by atoms with Gasteiger partial charge in [0.2, 0.25) is 11.4 Å². The summed E-state index contributed by atoms with van der Waals surface area (Å²) in [6, 6.07) is 17.8. The van der Waals surface area contributed by atoms with Crippen molar-refractivity contribution in [3.8, 4) is 11.8 Å². The first-order valence-electron chi connectivity index (χ1n) is 20.6. The van der Waals surface area contributed by atoms with E-state index in [1.165, 1.54) is 127 Å². The van der Waals surface area contributed by atoms with Crippen LogP contribution in [0.1, 0.15) is 186 Å². The molecule has 0 aliphatic carbocycles. The minimum absolute atomic E-state index is 0.857. The molecule has 280 valence electrons. The Morgan fingerprint density at radius 2 is 0.940 bits per heavy atom. The Kier molecular flexibility index (Phi) is 24.9. The average Bonchev–Trinajstić information content (AvgIpc) is 3.41. The third-order valence-electron chi connectivity index (χ3n) is 9.56. The fraction of sp³-hybridized carbons (Fsp3) is 0.617. The van der Waals surface area contributed by atoms with Gasteiger partial charge in [-0.05, 0) is 80.3 Å². The molecular weight excluding hydrogens is 699 g/mol. The number of benzene rings is 2. The number of aryl methyl sites for hydroxylation is 2. The summed E-state index contributed by atoms with van der Waals surface area (Å²) >= 11 is 1.04. The molecule has 2 aromatic rings. The van der Waals surface area contributed by atoms with Crippen molar-refractivity contribution >= 4 is 11.4 Å². The number of allylic oxidation sites excluding steroid dienone is 2. The summed E-state index contributed by atoms with van der Waals surface area (Å²) < 4.78 is 1.48. The molecule has 0 amide bonds. The quantitative estimate of drug-likeness (QED) is 0.0440. The molecule has 1 aliphatic rings. The molecule has 3 heteroatoms. The summed E-state index contributed by atoms with van der Waals surface area (Å²) in [6.07, 6.45) is 25.4. The van der Waals surface area contributed by atoms with Gasteiger partial charge in [0.1, 0.15) is 5.57 Å². The Balaban J connectivity index is 0.00000161. The Hall–Kier alpha value is -2.26. The van der Waals surface area contributed by atoms with Crippen molar-refractivity contribution in [1.82, 2.24) is 0 Å². The van der Waals surface area contributed by atoms with Crippen molar-refractivity contribution in [1.29, 1.82) is 0 Å². The Labute approximate surface area is 318 Å². The van der Waals surface area contributed by atoms with Crippen LogP contribution >= 0.6 is 0 Å². The zero-order valence-corrected chi connectivity index (χ0v) is 34.6. The van der Waals surface area contributed by atoms with E-state index in [4.69, 9.17) is 0 Å².